The van der Waals surface area contributed by atoms with Gasteiger partial charge < -0.3 is 16.4 Å². The van der Waals surface area contributed by atoms with Crippen LogP contribution in [0.15, 0.2) is 66.4 Å². The molecule has 0 aliphatic rings. The van der Waals surface area contributed by atoms with Gasteiger partial charge in [-0.2, -0.15) is 5.26 Å². The van der Waals surface area contributed by atoms with Gasteiger partial charge in [-0.05, 0) is 24.1 Å². The maximum atomic E-state index is 12.1. The minimum Gasteiger partial charge on any atom is -0.366 e. The van der Waals surface area contributed by atoms with Crippen LogP contribution in [0, 0.1) is 11.3 Å². The summed E-state index contributed by atoms with van der Waals surface area (Å²) in [6.07, 6.45) is 1.93. The molecule has 2 aromatic rings. The second-order valence-electron chi connectivity index (χ2n) is 5.22. The molecule has 0 unspecified atom stereocenters. The molecule has 4 N–H and O–H groups in total. The fourth-order valence-electron chi connectivity index (χ4n) is 2.18. The highest BCUT2D eigenvalue weighted by molar-refractivity contribution is 6.00. The molecule has 0 aliphatic heterocycles. The van der Waals surface area contributed by atoms with Gasteiger partial charge in [0.25, 0.3) is 11.8 Å². The van der Waals surface area contributed by atoms with E-state index in [1.54, 1.807) is 24.3 Å². The highest BCUT2D eigenvalue weighted by Crippen LogP contribution is 2.14. The number of anilines is 1. The zero-order valence-electron chi connectivity index (χ0n) is 13.5. The summed E-state index contributed by atoms with van der Waals surface area (Å²) in [5.41, 5.74) is 7.00. The lowest BCUT2D eigenvalue weighted by atomic mass is 10.1. The van der Waals surface area contributed by atoms with E-state index < -0.39 is 11.8 Å². The molecule has 0 heterocycles. The third-order valence-corrected chi connectivity index (χ3v) is 3.47. The van der Waals surface area contributed by atoms with Crippen molar-refractivity contribution in [2.75, 3.05) is 11.9 Å². The van der Waals surface area contributed by atoms with Crippen LogP contribution in [0.3, 0.4) is 0 Å². The van der Waals surface area contributed by atoms with Gasteiger partial charge >= 0.3 is 0 Å². The molecule has 0 aromatic heterocycles. The monoisotopic (exact) mass is 334 g/mol. The van der Waals surface area contributed by atoms with E-state index >= 15 is 0 Å². The molecule has 2 aromatic carbocycles. The fourth-order valence-corrected chi connectivity index (χ4v) is 2.18. The highest BCUT2D eigenvalue weighted by Gasteiger charge is 2.10. The lowest BCUT2D eigenvalue weighted by Crippen LogP contribution is -2.27. The van der Waals surface area contributed by atoms with Crippen molar-refractivity contribution in [2.45, 2.75) is 6.42 Å². The SMILES string of the molecule is N#C/C(=C/Nc1ccccc1C(N)=O)C(=O)NCCc1ccccc1. The third kappa shape index (κ3) is 5.22. The lowest BCUT2D eigenvalue weighted by Gasteiger charge is -2.07. The molecule has 6 heteroatoms. The molecular weight excluding hydrogens is 316 g/mol. The maximum Gasteiger partial charge on any atom is 0.263 e. The Bertz CT molecular complexity index is 823. The number of nitrogens with two attached hydrogens (primary N) is 1. The van der Waals surface area contributed by atoms with Gasteiger partial charge in [-0.3, -0.25) is 9.59 Å². The van der Waals surface area contributed by atoms with E-state index in [0.717, 1.165) is 5.56 Å². The highest BCUT2D eigenvalue weighted by atomic mass is 16.2. The number of carbonyl (C=O) groups is 2. The van der Waals surface area contributed by atoms with Crippen molar-refractivity contribution in [3.63, 3.8) is 0 Å². The normalized spacial score (nSPS) is 10.6. The second kappa shape index (κ2) is 8.89. The van der Waals surface area contributed by atoms with Crippen LogP contribution in [0.1, 0.15) is 15.9 Å². The number of amides is 2. The number of rotatable bonds is 7. The molecule has 0 saturated heterocycles. The van der Waals surface area contributed by atoms with Crippen LogP contribution in [0.5, 0.6) is 0 Å². The Morgan fingerprint density at radius 2 is 1.76 bits per heavy atom. The van der Waals surface area contributed by atoms with Crippen molar-refractivity contribution < 1.29 is 9.59 Å². The van der Waals surface area contributed by atoms with E-state index in [2.05, 4.69) is 10.6 Å². The smallest absolute Gasteiger partial charge is 0.263 e. The van der Waals surface area contributed by atoms with Crippen LogP contribution in [0.25, 0.3) is 0 Å². The standard InChI is InChI=1S/C19H18N4O2/c20-12-15(13-23-17-9-5-4-8-16(17)18(21)24)19(25)22-11-10-14-6-2-1-3-7-14/h1-9,13,23H,10-11H2,(H2,21,24)(H,22,25)/b15-13-. The zero-order valence-corrected chi connectivity index (χ0v) is 13.5. The molecule has 6 nitrogen and oxygen atoms in total. The average Bonchev–Trinajstić information content (AvgIpc) is 2.63. The Balaban J connectivity index is 1.97. The second-order valence-corrected chi connectivity index (χ2v) is 5.22. The predicted molar refractivity (Wildman–Crippen MR) is 95.4 cm³/mol. The summed E-state index contributed by atoms with van der Waals surface area (Å²) < 4.78 is 0. The molecule has 0 atom stereocenters. The first-order valence-corrected chi connectivity index (χ1v) is 7.69. The Morgan fingerprint density at radius 3 is 2.44 bits per heavy atom. The van der Waals surface area contributed by atoms with Gasteiger partial charge in [0.1, 0.15) is 11.6 Å². The molecule has 0 saturated carbocycles. The number of hydrogen-bond acceptors (Lipinski definition) is 4. The Labute approximate surface area is 146 Å². The van der Waals surface area contributed by atoms with Crippen LogP contribution in [0.2, 0.25) is 0 Å². The first-order chi connectivity index (χ1) is 12.1. The fraction of sp³-hybridized carbons (Fsp3) is 0.105. The van der Waals surface area contributed by atoms with Gasteiger partial charge in [0.05, 0.1) is 11.3 Å². The van der Waals surface area contributed by atoms with Gasteiger partial charge in [0.2, 0.25) is 0 Å². The summed E-state index contributed by atoms with van der Waals surface area (Å²) in [5.74, 6) is -1.08. The maximum absolute atomic E-state index is 12.1. The third-order valence-electron chi connectivity index (χ3n) is 3.47. The van der Waals surface area contributed by atoms with E-state index in [4.69, 9.17) is 11.0 Å². The Kier molecular flexibility index (Phi) is 6.32. The van der Waals surface area contributed by atoms with Crippen molar-refractivity contribution in [3.05, 3.63) is 77.5 Å². The van der Waals surface area contributed by atoms with E-state index in [1.165, 1.54) is 6.20 Å². The van der Waals surface area contributed by atoms with Gasteiger partial charge in [-0.15, -0.1) is 0 Å². The molecule has 0 spiro atoms. The minimum absolute atomic E-state index is 0.0904. The van der Waals surface area contributed by atoms with Crippen molar-refractivity contribution in [1.82, 2.24) is 5.32 Å². The Hall–Kier alpha value is -3.59. The van der Waals surface area contributed by atoms with Gasteiger partial charge in [0, 0.05) is 12.7 Å². The molecule has 126 valence electrons. The van der Waals surface area contributed by atoms with Gasteiger partial charge in [-0.25, -0.2) is 0 Å². The van der Waals surface area contributed by atoms with Crippen LogP contribution < -0.4 is 16.4 Å². The van der Waals surface area contributed by atoms with Crippen LogP contribution in [0.4, 0.5) is 5.69 Å². The van der Waals surface area contributed by atoms with Crippen molar-refractivity contribution >= 4 is 17.5 Å². The summed E-state index contributed by atoms with van der Waals surface area (Å²) in [5, 5.41) is 14.6. The number of para-hydroxylation sites is 1. The number of hydrogen-bond donors (Lipinski definition) is 3. The zero-order chi connectivity index (χ0) is 18.1. The number of benzene rings is 2. The number of nitrogens with zero attached hydrogens (tertiary/aromatic N) is 1. The van der Waals surface area contributed by atoms with E-state index in [0.29, 0.717) is 18.7 Å². The first-order valence-electron chi connectivity index (χ1n) is 7.69. The van der Waals surface area contributed by atoms with Gasteiger partial charge in [-0.1, -0.05) is 42.5 Å². The van der Waals surface area contributed by atoms with E-state index in [-0.39, 0.29) is 11.1 Å². The average molecular weight is 334 g/mol. The molecule has 25 heavy (non-hydrogen) atoms. The van der Waals surface area contributed by atoms with Crippen LogP contribution in [-0.4, -0.2) is 18.4 Å². The summed E-state index contributed by atoms with van der Waals surface area (Å²) in [4.78, 5) is 23.4. The first kappa shape index (κ1) is 17.8. The lowest BCUT2D eigenvalue weighted by molar-refractivity contribution is -0.117. The van der Waals surface area contributed by atoms with Crippen molar-refractivity contribution in [3.8, 4) is 6.07 Å². The summed E-state index contributed by atoms with van der Waals surface area (Å²) in [6.45, 7) is 0.416. The number of nitrogens with one attached hydrogen (secondary N) is 2. The minimum atomic E-state index is -0.595. The summed E-state index contributed by atoms with van der Waals surface area (Å²) in [6, 6.07) is 18.1. The van der Waals surface area contributed by atoms with Crippen LogP contribution >= 0.6 is 0 Å². The summed E-state index contributed by atoms with van der Waals surface area (Å²) >= 11 is 0. The number of carbonyl (C=O) groups excluding carboxylic acids is 2. The molecule has 0 fully saturated rings. The van der Waals surface area contributed by atoms with Crippen molar-refractivity contribution in [2.24, 2.45) is 5.73 Å². The molecular formula is C19H18N4O2. The molecule has 2 rings (SSSR count). The topological polar surface area (TPSA) is 108 Å². The Morgan fingerprint density at radius 1 is 1.08 bits per heavy atom. The molecule has 0 aliphatic carbocycles. The van der Waals surface area contributed by atoms with E-state index in [1.807, 2.05) is 36.4 Å². The number of primary amides is 1. The molecule has 0 radical (unpaired) electrons. The number of nitriles is 1. The molecule has 2 amide bonds. The quantitative estimate of drug-likeness (QED) is 0.531. The largest absolute Gasteiger partial charge is 0.366 e. The summed E-state index contributed by atoms with van der Waals surface area (Å²) in [7, 11) is 0. The predicted octanol–water partition coefficient (Wildman–Crippen LogP) is 1.96. The van der Waals surface area contributed by atoms with Crippen LogP contribution in [-0.2, 0) is 11.2 Å². The van der Waals surface area contributed by atoms with Gasteiger partial charge in [0.15, 0.2) is 0 Å². The van der Waals surface area contributed by atoms with E-state index in [9.17, 15) is 9.59 Å². The van der Waals surface area contributed by atoms with Crippen molar-refractivity contribution in [1.29, 1.82) is 5.26 Å². The molecule has 0 bridgehead atoms.